The molecule has 0 fully saturated rings. The number of hydrogen-bond donors (Lipinski definition) is 0. The zero-order chi connectivity index (χ0) is 55.7. The Hall–Kier alpha value is -3.41. The molecule has 0 aromatic heterocycles. The van der Waals surface area contributed by atoms with E-state index in [-0.39, 0.29) is 31.1 Å². The van der Waals surface area contributed by atoms with Gasteiger partial charge in [0.2, 0.25) is 0 Å². The van der Waals surface area contributed by atoms with Crippen LogP contribution in [0.15, 0.2) is 85.1 Å². The average Bonchev–Trinajstić information content (AvgIpc) is 3.43. The minimum atomic E-state index is -0.780. The van der Waals surface area contributed by atoms with E-state index in [1.807, 2.05) is 0 Å². The molecule has 0 bridgehead atoms. The van der Waals surface area contributed by atoms with Crippen molar-refractivity contribution in [3.8, 4) is 0 Å². The van der Waals surface area contributed by atoms with Crippen LogP contribution < -0.4 is 0 Å². The Morgan fingerprint density at radius 2 is 0.519 bits per heavy atom. The molecular weight excluding hydrogens is 949 g/mol. The Bertz CT molecular complexity index is 1470. The van der Waals surface area contributed by atoms with Gasteiger partial charge >= 0.3 is 17.9 Å². The van der Waals surface area contributed by atoms with Crippen molar-refractivity contribution in [3.63, 3.8) is 0 Å². The highest BCUT2D eigenvalue weighted by atomic mass is 16.6. The predicted molar refractivity (Wildman–Crippen MR) is 334 cm³/mol. The number of carbonyl (C=O) groups excluding carboxylic acids is 3. The molecule has 6 nitrogen and oxygen atoms in total. The lowest BCUT2D eigenvalue weighted by Crippen LogP contribution is -2.30. The van der Waals surface area contributed by atoms with Crippen LogP contribution in [0.3, 0.4) is 0 Å². The van der Waals surface area contributed by atoms with Crippen molar-refractivity contribution >= 4 is 17.9 Å². The highest BCUT2D eigenvalue weighted by Gasteiger charge is 2.19. The molecule has 0 saturated heterocycles. The molecule has 0 aliphatic rings. The predicted octanol–water partition coefficient (Wildman–Crippen LogP) is 22.7. The molecule has 77 heavy (non-hydrogen) atoms. The van der Waals surface area contributed by atoms with Crippen LogP contribution in [0, 0.1) is 0 Å². The van der Waals surface area contributed by atoms with Crippen molar-refractivity contribution < 1.29 is 28.6 Å². The van der Waals surface area contributed by atoms with E-state index in [9.17, 15) is 14.4 Å². The normalized spacial score (nSPS) is 12.6. The fourth-order valence-corrected chi connectivity index (χ4v) is 9.43. The fourth-order valence-electron chi connectivity index (χ4n) is 9.43. The second-order valence-electron chi connectivity index (χ2n) is 22.0. The van der Waals surface area contributed by atoms with Gasteiger partial charge < -0.3 is 14.2 Å². The maximum Gasteiger partial charge on any atom is 0.306 e. The van der Waals surface area contributed by atoms with Gasteiger partial charge in [-0.3, -0.25) is 14.4 Å². The topological polar surface area (TPSA) is 78.9 Å². The third kappa shape index (κ3) is 63.3. The van der Waals surface area contributed by atoms with Crippen LogP contribution in [0.4, 0.5) is 0 Å². The van der Waals surface area contributed by atoms with Gasteiger partial charge in [-0.2, -0.15) is 0 Å². The van der Waals surface area contributed by atoms with E-state index < -0.39 is 6.10 Å². The molecule has 0 aliphatic heterocycles. The van der Waals surface area contributed by atoms with E-state index in [1.165, 1.54) is 186 Å². The Kier molecular flexibility index (Phi) is 62.2. The SMILES string of the molecule is CC/C=C\C/C=C\C/C=C\C/C=C\C/C=C\C/C=C\CCCCCCCCCCCCC(=O)OCC(COC(=O)CCCCCCC/C=C\CCCC)OC(=O)CCCCCCCCCCCCCCCCCCCCC. The van der Waals surface area contributed by atoms with Gasteiger partial charge in [-0.25, -0.2) is 0 Å². The molecule has 0 heterocycles. The van der Waals surface area contributed by atoms with E-state index in [2.05, 4.69) is 106 Å². The number of allylic oxidation sites excluding steroid dienone is 14. The summed E-state index contributed by atoms with van der Waals surface area (Å²) in [4.78, 5) is 38.3. The van der Waals surface area contributed by atoms with Crippen LogP contribution in [0.2, 0.25) is 0 Å². The lowest BCUT2D eigenvalue weighted by molar-refractivity contribution is -0.167. The van der Waals surface area contributed by atoms with Crippen LogP contribution in [-0.2, 0) is 28.6 Å². The first kappa shape index (κ1) is 73.6. The van der Waals surface area contributed by atoms with E-state index in [0.717, 1.165) is 103 Å². The van der Waals surface area contributed by atoms with Crippen LogP contribution in [0.1, 0.15) is 329 Å². The summed E-state index contributed by atoms with van der Waals surface area (Å²) in [6, 6.07) is 0. The average molecular weight is 1070 g/mol. The number of rotatable bonds is 60. The first-order valence-electron chi connectivity index (χ1n) is 33.1. The zero-order valence-electron chi connectivity index (χ0n) is 51.0. The third-order valence-electron chi connectivity index (χ3n) is 14.4. The summed E-state index contributed by atoms with van der Waals surface area (Å²) in [6.45, 7) is 6.52. The number of ether oxygens (including phenoxy) is 3. The molecule has 0 spiro atoms. The minimum Gasteiger partial charge on any atom is -0.462 e. The molecule has 0 aliphatic carbocycles. The summed E-state index contributed by atoms with van der Waals surface area (Å²) in [5, 5.41) is 0. The summed E-state index contributed by atoms with van der Waals surface area (Å²) in [5.74, 6) is -0.876. The van der Waals surface area contributed by atoms with Crippen LogP contribution in [0.25, 0.3) is 0 Å². The standard InChI is InChI=1S/C71H124O6/c1-4-7-10-13-16-19-22-24-26-28-30-31-32-33-34-35-36-37-38-39-41-42-44-46-49-52-55-58-61-64-70(73)76-67-68(66-75-69(72)63-60-57-54-51-48-21-18-15-12-9-6-3)77-71(74)65-62-59-56-53-50-47-45-43-40-29-27-25-23-20-17-14-11-8-5-2/h7,10,15-16,18-19,24,26,30-31,33-34,36-37,68H,4-6,8-9,11-14,17,20-23,25,27-29,32,35,38-67H2,1-3H3/b10-7-,18-15-,19-16-,26-24-,31-30-,34-33-,37-36-. The highest BCUT2D eigenvalue weighted by molar-refractivity contribution is 5.71. The third-order valence-corrected chi connectivity index (χ3v) is 14.4. The maximum absolute atomic E-state index is 12.9. The van der Waals surface area contributed by atoms with Crippen LogP contribution >= 0.6 is 0 Å². The fraction of sp³-hybridized carbons (Fsp3) is 0.761. The molecule has 0 aromatic carbocycles. The van der Waals surface area contributed by atoms with Gasteiger partial charge in [-0.1, -0.05) is 305 Å². The summed E-state index contributed by atoms with van der Waals surface area (Å²) in [7, 11) is 0. The Labute approximate surface area is 477 Å². The van der Waals surface area contributed by atoms with E-state index >= 15 is 0 Å². The Morgan fingerprint density at radius 1 is 0.273 bits per heavy atom. The van der Waals surface area contributed by atoms with Gasteiger partial charge in [0.25, 0.3) is 0 Å². The first-order valence-corrected chi connectivity index (χ1v) is 33.1. The second kappa shape index (κ2) is 65.1. The molecular formula is C71H124O6. The summed E-state index contributed by atoms with van der Waals surface area (Å²) >= 11 is 0. The van der Waals surface area contributed by atoms with Gasteiger partial charge in [-0.15, -0.1) is 0 Å². The molecule has 0 radical (unpaired) electrons. The summed E-state index contributed by atoms with van der Waals surface area (Å²) in [6.07, 6.45) is 86.0. The Balaban J connectivity index is 4.23. The largest absolute Gasteiger partial charge is 0.462 e. The van der Waals surface area contributed by atoms with E-state index in [1.54, 1.807) is 0 Å². The van der Waals surface area contributed by atoms with Crippen molar-refractivity contribution in [1.29, 1.82) is 0 Å². The van der Waals surface area contributed by atoms with Crippen molar-refractivity contribution in [2.45, 2.75) is 335 Å². The molecule has 444 valence electrons. The summed E-state index contributed by atoms with van der Waals surface area (Å²) < 4.78 is 16.9. The van der Waals surface area contributed by atoms with Crippen LogP contribution in [-0.4, -0.2) is 37.2 Å². The van der Waals surface area contributed by atoms with E-state index in [4.69, 9.17) is 14.2 Å². The van der Waals surface area contributed by atoms with Gasteiger partial charge in [0, 0.05) is 19.3 Å². The van der Waals surface area contributed by atoms with Crippen molar-refractivity contribution in [1.82, 2.24) is 0 Å². The molecule has 1 atom stereocenters. The maximum atomic E-state index is 12.9. The number of esters is 3. The first-order chi connectivity index (χ1) is 38.0. The number of hydrogen-bond acceptors (Lipinski definition) is 6. The van der Waals surface area contributed by atoms with Gasteiger partial charge in [0.1, 0.15) is 13.2 Å². The molecule has 0 N–H and O–H groups in total. The van der Waals surface area contributed by atoms with Crippen LogP contribution in [0.5, 0.6) is 0 Å². The van der Waals surface area contributed by atoms with Gasteiger partial charge in [0.05, 0.1) is 0 Å². The van der Waals surface area contributed by atoms with E-state index in [0.29, 0.717) is 19.3 Å². The van der Waals surface area contributed by atoms with Gasteiger partial charge in [0.15, 0.2) is 6.10 Å². The molecule has 0 saturated carbocycles. The monoisotopic (exact) mass is 1070 g/mol. The van der Waals surface area contributed by atoms with Crippen molar-refractivity contribution in [3.05, 3.63) is 85.1 Å². The molecule has 6 heteroatoms. The van der Waals surface area contributed by atoms with Gasteiger partial charge in [-0.05, 0) is 89.9 Å². The molecule has 0 aromatic rings. The lowest BCUT2D eigenvalue weighted by atomic mass is 10.0. The quantitative estimate of drug-likeness (QED) is 0.0261. The molecule has 1 unspecified atom stereocenters. The highest BCUT2D eigenvalue weighted by Crippen LogP contribution is 2.17. The number of carbonyl (C=O) groups is 3. The molecule has 0 rings (SSSR count). The number of unbranched alkanes of at least 4 members (excludes halogenated alkanes) is 35. The minimum absolute atomic E-state index is 0.0780. The van der Waals surface area contributed by atoms with Crippen molar-refractivity contribution in [2.75, 3.05) is 13.2 Å². The van der Waals surface area contributed by atoms with Crippen molar-refractivity contribution in [2.24, 2.45) is 0 Å². The molecule has 0 amide bonds. The lowest BCUT2D eigenvalue weighted by Gasteiger charge is -2.18. The summed E-state index contributed by atoms with van der Waals surface area (Å²) in [5.41, 5.74) is 0. The smallest absolute Gasteiger partial charge is 0.306 e. The Morgan fingerprint density at radius 3 is 0.844 bits per heavy atom. The zero-order valence-corrected chi connectivity index (χ0v) is 51.0. The second-order valence-corrected chi connectivity index (χ2v) is 22.0.